The van der Waals surface area contributed by atoms with Gasteiger partial charge in [0, 0.05) is 6.04 Å². The normalized spacial score (nSPS) is 14.0. The second-order valence-electron chi connectivity index (χ2n) is 5.06. The Morgan fingerprint density at radius 3 is 2.60 bits per heavy atom. The Morgan fingerprint density at radius 2 is 2.00 bits per heavy atom. The first-order valence-electron chi connectivity index (χ1n) is 7.21. The summed E-state index contributed by atoms with van der Waals surface area (Å²) < 4.78 is 11.8. The molecule has 0 amide bonds. The van der Waals surface area contributed by atoms with Crippen molar-refractivity contribution in [3.05, 3.63) is 53.5 Å². The van der Waals surface area contributed by atoms with E-state index in [0.29, 0.717) is 0 Å². The molecule has 1 aromatic heterocycles. The van der Waals surface area contributed by atoms with Gasteiger partial charge >= 0.3 is 0 Å². The van der Waals surface area contributed by atoms with E-state index in [9.17, 15) is 0 Å². The molecule has 2 atom stereocenters. The minimum atomic E-state index is -0.249. The van der Waals surface area contributed by atoms with Crippen LogP contribution < -0.4 is 10.5 Å². The molecule has 20 heavy (non-hydrogen) atoms. The smallest absolute Gasteiger partial charge is 0.171 e. The van der Waals surface area contributed by atoms with E-state index in [0.717, 1.165) is 30.1 Å². The van der Waals surface area contributed by atoms with Crippen molar-refractivity contribution in [3.63, 3.8) is 0 Å². The van der Waals surface area contributed by atoms with E-state index < -0.39 is 0 Å². The van der Waals surface area contributed by atoms with E-state index in [1.807, 2.05) is 31.2 Å². The van der Waals surface area contributed by atoms with Gasteiger partial charge in [0.25, 0.3) is 0 Å². The molecule has 2 unspecified atom stereocenters. The second-order valence-corrected chi connectivity index (χ2v) is 5.06. The van der Waals surface area contributed by atoms with Crippen molar-refractivity contribution in [2.24, 2.45) is 5.73 Å². The van der Waals surface area contributed by atoms with E-state index in [2.05, 4.69) is 26.0 Å². The van der Waals surface area contributed by atoms with Crippen molar-refractivity contribution in [1.82, 2.24) is 0 Å². The Balaban J connectivity index is 2.23. The van der Waals surface area contributed by atoms with Crippen LogP contribution in [-0.2, 0) is 6.42 Å². The second kappa shape index (κ2) is 6.62. The summed E-state index contributed by atoms with van der Waals surface area (Å²) in [6.07, 6.45) is 1.57. The highest BCUT2D eigenvalue weighted by molar-refractivity contribution is 5.29. The standard InChI is InChI=1S/C17H23NO2/c1-4-13-7-6-8-14(11-13)20-17(15(18)5-2)16-10-9-12(3)19-16/h6-11,15,17H,4-5,18H2,1-3H3. The van der Waals surface area contributed by atoms with Gasteiger partial charge in [0.05, 0.1) is 0 Å². The maximum atomic E-state index is 6.19. The topological polar surface area (TPSA) is 48.4 Å². The molecule has 3 nitrogen and oxygen atoms in total. The van der Waals surface area contributed by atoms with Gasteiger partial charge in [-0.25, -0.2) is 0 Å². The molecule has 0 fully saturated rings. The highest BCUT2D eigenvalue weighted by atomic mass is 16.5. The third-order valence-corrected chi connectivity index (χ3v) is 3.47. The van der Waals surface area contributed by atoms with Gasteiger partial charge in [0.1, 0.15) is 17.3 Å². The Kier molecular flexibility index (Phi) is 4.85. The molecular weight excluding hydrogens is 250 g/mol. The van der Waals surface area contributed by atoms with Crippen LogP contribution in [0.3, 0.4) is 0 Å². The van der Waals surface area contributed by atoms with Gasteiger partial charge in [-0.15, -0.1) is 0 Å². The van der Waals surface area contributed by atoms with Crippen LogP contribution in [0.5, 0.6) is 5.75 Å². The van der Waals surface area contributed by atoms with Gasteiger partial charge in [-0.1, -0.05) is 26.0 Å². The molecule has 3 heteroatoms. The van der Waals surface area contributed by atoms with Crippen molar-refractivity contribution >= 4 is 0 Å². The van der Waals surface area contributed by atoms with Gasteiger partial charge in [-0.2, -0.15) is 0 Å². The van der Waals surface area contributed by atoms with Crippen molar-refractivity contribution in [2.45, 2.75) is 45.8 Å². The molecule has 108 valence electrons. The molecule has 0 saturated heterocycles. The lowest BCUT2D eigenvalue weighted by Crippen LogP contribution is -2.31. The summed E-state index contributed by atoms with van der Waals surface area (Å²) in [7, 11) is 0. The van der Waals surface area contributed by atoms with Crippen LogP contribution in [0.1, 0.15) is 43.5 Å². The summed E-state index contributed by atoms with van der Waals surface area (Å²) in [5.41, 5.74) is 7.44. The number of ether oxygens (including phenoxy) is 1. The lowest BCUT2D eigenvalue weighted by atomic mass is 10.1. The van der Waals surface area contributed by atoms with Crippen molar-refractivity contribution in [1.29, 1.82) is 0 Å². The number of nitrogens with two attached hydrogens (primary N) is 1. The molecule has 0 aliphatic rings. The Morgan fingerprint density at radius 1 is 1.20 bits per heavy atom. The summed E-state index contributed by atoms with van der Waals surface area (Å²) in [6, 6.07) is 11.9. The lowest BCUT2D eigenvalue weighted by molar-refractivity contribution is 0.143. The van der Waals surface area contributed by atoms with E-state index in [-0.39, 0.29) is 12.1 Å². The quantitative estimate of drug-likeness (QED) is 0.865. The predicted molar refractivity (Wildman–Crippen MR) is 80.9 cm³/mol. The fourth-order valence-corrected chi connectivity index (χ4v) is 2.16. The first-order chi connectivity index (χ1) is 9.63. The minimum Gasteiger partial charge on any atom is -0.481 e. The molecule has 0 saturated carbocycles. The summed E-state index contributed by atoms with van der Waals surface area (Å²) >= 11 is 0. The molecule has 1 aromatic carbocycles. The fraction of sp³-hybridized carbons (Fsp3) is 0.412. The molecule has 2 rings (SSSR count). The number of rotatable bonds is 6. The van der Waals surface area contributed by atoms with Crippen LogP contribution in [0.25, 0.3) is 0 Å². The van der Waals surface area contributed by atoms with Crippen LogP contribution >= 0.6 is 0 Å². The zero-order chi connectivity index (χ0) is 14.5. The molecular formula is C17H23NO2. The zero-order valence-electron chi connectivity index (χ0n) is 12.4. The van der Waals surface area contributed by atoms with Crippen molar-refractivity contribution < 1.29 is 9.15 Å². The summed E-state index contributed by atoms with van der Waals surface area (Å²) in [6.45, 7) is 6.11. The summed E-state index contributed by atoms with van der Waals surface area (Å²) in [5.74, 6) is 2.50. The molecule has 0 spiro atoms. The van der Waals surface area contributed by atoms with Crippen molar-refractivity contribution in [3.8, 4) is 5.75 Å². The van der Waals surface area contributed by atoms with Gasteiger partial charge in [0.2, 0.25) is 0 Å². The van der Waals surface area contributed by atoms with Gasteiger partial charge < -0.3 is 14.9 Å². The molecule has 1 heterocycles. The van der Waals surface area contributed by atoms with Gasteiger partial charge in [-0.05, 0) is 49.6 Å². The SMILES string of the molecule is CCc1cccc(OC(c2ccc(C)o2)C(N)CC)c1. The predicted octanol–water partition coefficient (Wildman–Crippen LogP) is 4.01. The van der Waals surface area contributed by atoms with Crippen LogP contribution in [0, 0.1) is 6.92 Å². The number of aryl methyl sites for hydroxylation is 2. The molecule has 2 N–H and O–H groups in total. The Labute approximate surface area is 120 Å². The third kappa shape index (κ3) is 3.42. The molecule has 0 radical (unpaired) electrons. The fourth-order valence-electron chi connectivity index (χ4n) is 2.16. The lowest BCUT2D eigenvalue weighted by Gasteiger charge is -2.22. The summed E-state index contributed by atoms with van der Waals surface area (Å²) in [5, 5.41) is 0. The summed E-state index contributed by atoms with van der Waals surface area (Å²) in [4.78, 5) is 0. The molecule has 0 bridgehead atoms. The zero-order valence-corrected chi connectivity index (χ0v) is 12.4. The third-order valence-electron chi connectivity index (χ3n) is 3.47. The van der Waals surface area contributed by atoms with Crippen LogP contribution in [0.4, 0.5) is 0 Å². The number of benzene rings is 1. The largest absolute Gasteiger partial charge is 0.481 e. The molecule has 0 aliphatic carbocycles. The number of furan rings is 1. The number of hydrogen-bond acceptors (Lipinski definition) is 3. The van der Waals surface area contributed by atoms with Crippen LogP contribution in [-0.4, -0.2) is 6.04 Å². The van der Waals surface area contributed by atoms with Crippen molar-refractivity contribution in [2.75, 3.05) is 0 Å². The maximum absolute atomic E-state index is 6.19. The molecule has 2 aromatic rings. The van der Waals surface area contributed by atoms with Crippen LogP contribution in [0.15, 0.2) is 40.8 Å². The average molecular weight is 273 g/mol. The van der Waals surface area contributed by atoms with E-state index in [4.69, 9.17) is 14.9 Å². The van der Waals surface area contributed by atoms with E-state index in [1.165, 1.54) is 5.56 Å². The highest BCUT2D eigenvalue weighted by Crippen LogP contribution is 2.27. The van der Waals surface area contributed by atoms with Crippen LogP contribution in [0.2, 0.25) is 0 Å². The monoisotopic (exact) mass is 273 g/mol. The molecule has 0 aliphatic heterocycles. The highest BCUT2D eigenvalue weighted by Gasteiger charge is 2.23. The van der Waals surface area contributed by atoms with E-state index >= 15 is 0 Å². The Hall–Kier alpha value is -1.74. The first kappa shape index (κ1) is 14.7. The van der Waals surface area contributed by atoms with Gasteiger partial charge in [-0.3, -0.25) is 0 Å². The van der Waals surface area contributed by atoms with E-state index in [1.54, 1.807) is 0 Å². The minimum absolute atomic E-state index is 0.0918. The first-order valence-corrected chi connectivity index (χ1v) is 7.21. The maximum Gasteiger partial charge on any atom is 0.171 e. The Bertz CT molecular complexity index is 547. The average Bonchev–Trinajstić information content (AvgIpc) is 2.90. The van der Waals surface area contributed by atoms with Gasteiger partial charge in [0.15, 0.2) is 6.10 Å². The number of hydrogen-bond donors (Lipinski definition) is 1.